The highest BCUT2D eigenvalue weighted by atomic mass is 35.5. The third-order valence-electron chi connectivity index (χ3n) is 3.01. The minimum Gasteiger partial charge on any atom is -0.389 e. The summed E-state index contributed by atoms with van der Waals surface area (Å²) in [5, 5.41) is 3.17. The summed E-state index contributed by atoms with van der Waals surface area (Å²) in [5.74, 6) is -0.839. The van der Waals surface area contributed by atoms with Crippen molar-refractivity contribution in [2.75, 3.05) is 5.32 Å². The Morgan fingerprint density at radius 1 is 1.29 bits per heavy atom. The first kappa shape index (κ1) is 15.4. The number of nitrogens with two attached hydrogens (primary N) is 1. The van der Waals surface area contributed by atoms with E-state index in [-0.39, 0.29) is 16.5 Å². The minimum absolute atomic E-state index is 0.00705. The van der Waals surface area contributed by atoms with E-state index in [0.717, 1.165) is 0 Å². The van der Waals surface area contributed by atoms with Crippen LogP contribution in [-0.2, 0) is 0 Å². The van der Waals surface area contributed by atoms with Crippen LogP contribution >= 0.6 is 23.8 Å². The molecule has 0 aliphatic heterocycles. The molecule has 0 heterocycles. The van der Waals surface area contributed by atoms with E-state index in [1.165, 1.54) is 18.2 Å². The second-order valence-electron chi connectivity index (χ2n) is 4.42. The first-order chi connectivity index (χ1) is 9.90. The van der Waals surface area contributed by atoms with Crippen molar-refractivity contribution in [2.45, 2.75) is 6.92 Å². The molecule has 2 rings (SSSR count). The van der Waals surface area contributed by atoms with Crippen molar-refractivity contribution in [3.05, 3.63) is 63.9 Å². The molecule has 0 saturated carbocycles. The summed E-state index contributed by atoms with van der Waals surface area (Å²) in [6.45, 7) is 1.75. The molecule has 0 fully saturated rings. The molecule has 0 atom stereocenters. The summed E-state index contributed by atoms with van der Waals surface area (Å²) in [5.41, 5.74) is 7.27. The van der Waals surface area contributed by atoms with E-state index in [1.54, 1.807) is 25.1 Å². The molecule has 2 aromatic carbocycles. The van der Waals surface area contributed by atoms with Crippen LogP contribution in [0, 0.1) is 12.7 Å². The van der Waals surface area contributed by atoms with Crippen molar-refractivity contribution in [2.24, 2.45) is 5.73 Å². The van der Waals surface area contributed by atoms with Gasteiger partial charge in [0.25, 0.3) is 5.91 Å². The number of halogens is 2. The number of carbonyl (C=O) groups excluding carboxylic acids is 1. The fraction of sp³-hybridized carbons (Fsp3) is 0.0667. The van der Waals surface area contributed by atoms with Gasteiger partial charge < -0.3 is 11.1 Å². The van der Waals surface area contributed by atoms with Crippen molar-refractivity contribution < 1.29 is 9.18 Å². The normalized spacial score (nSPS) is 10.2. The Morgan fingerprint density at radius 3 is 2.67 bits per heavy atom. The molecule has 0 saturated heterocycles. The molecule has 0 aliphatic rings. The Balaban J connectivity index is 2.36. The molecule has 0 aliphatic carbocycles. The van der Waals surface area contributed by atoms with Gasteiger partial charge >= 0.3 is 0 Å². The predicted octanol–water partition coefficient (Wildman–Crippen LogP) is 3.67. The van der Waals surface area contributed by atoms with Gasteiger partial charge in [0.15, 0.2) is 0 Å². The van der Waals surface area contributed by atoms with Gasteiger partial charge in [0, 0.05) is 16.1 Å². The smallest absolute Gasteiger partial charge is 0.256 e. The molecule has 2 aromatic rings. The summed E-state index contributed by atoms with van der Waals surface area (Å²) >= 11 is 10.9. The minimum atomic E-state index is -0.477. The van der Waals surface area contributed by atoms with Crippen molar-refractivity contribution in [3.63, 3.8) is 0 Å². The molecule has 0 unspecified atom stereocenters. The standard InChI is InChI=1S/C15H12ClFN2OS/c1-8-10(3-2-4-12(8)16)15(20)19-13-6-5-9(17)7-11(13)14(18)21/h2-7H,1H3,(H2,18,21)(H,19,20). The maximum atomic E-state index is 13.2. The van der Waals surface area contributed by atoms with Gasteiger partial charge in [0.1, 0.15) is 10.8 Å². The predicted molar refractivity (Wildman–Crippen MR) is 86.4 cm³/mol. The quantitative estimate of drug-likeness (QED) is 0.848. The Labute approximate surface area is 131 Å². The zero-order chi connectivity index (χ0) is 15.6. The van der Waals surface area contributed by atoms with Gasteiger partial charge in [0.05, 0.1) is 5.69 Å². The van der Waals surface area contributed by atoms with Crippen molar-refractivity contribution in [1.82, 2.24) is 0 Å². The number of thiocarbonyl (C=S) groups is 1. The van der Waals surface area contributed by atoms with Gasteiger partial charge in [-0.2, -0.15) is 0 Å². The van der Waals surface area contributed by atoms with E-state index >= 15 is 0 Å². The lowest BCUT2D eigenvalue weighted by atomic mass is 10.1. The maximum Gasteiger partial charge on any atom is 0.256 e. The van der Waals surface area contributed by atoms with E-state index in [0.29, 0.717) is 21.8 Å². The largest absolute Gasteiger partial charge is 0.389 e. The van der Waals surface area contributed by atoms with E-state index in [2.05, 4.69) is 5.32 Å². The molecule has 0 spiro atoms. The Hall–Kier alpha value is -1.98. The van der Waals surface area contributed by atoms with Crippen molar-refractivity contribution in [1.29, 1.82) is 0 Å². The van der Waals surface area contributed by atoms with Crippen LogP contribution in [-0.4, -0.2) is 10.9 Å². The number of benzene rings is 2. The third-order valence-corrected chi connectivity index (χ3v) is 3.64. The van der Waals surface area contributed by atoms with Crippen LogP contribution in [0.2, 0.25) is 5.02 Å². The van der Waals surface area contributed by atoms with Gasteiger partial charge in [0.2, 0.25) is 0 Å². The average Bonchev–Trinajstić information content (AvgIpc) is 2.43. The molecule has 21 heavy (non-hydrogen) atoms. The highest BCUT2D eigenvalue weighted by Crippen LogP contribution is 2.22. The molecule has 3 nitrogen and oxygen atoms in total. The zero-order valence-electron chi connectivity index (χ0n) is 11.1. The number of carbonyl (C=O) groups is 1. The number of nitrogens with one attached hydrogen (secondary N) is 1. The number of hydrogen-bond acceptors (Lipinski definition) is 2. The number of hydrogen-bond donors (Lipinski definition) is 2. The molecule has 0 aromatic heterocycles. The van der Waals surface area contributed by atoms with Crippen LogP contribution in [0.3, 0.4) is 0 Å². The van der Waals surface area contributed by atoms with E-state index in [4.69, 9.17) is 29.6 Å². The van der Waals surface area contributed by atoms with Crippen LogP contribution in [0.4, 0.5) is 10.1 Å². The van der Waals surface area contributed by atoms with Gasteiger partial charge in [-0.1, -0.05) is 29.9 Å². The Kier molecular flexibility index (Phi) is 4.55. The van der Waals surface area contributed by atoms with Gasteiger partial charge in [-0.25, -0.2) is 4.39 Å². The fourth-order valence-corrected chi connectivity index (χ4v) is 2.22. The van der Waals surface area contributed by atoms with Crippen molar-refractivity contribution >= 4 is 40.4 Å². The zero-order valence-corrected chi connectivity index (χ0v) is 12.7. The first-order valence-electron chi connectivity index (χ1n) is 6.06. The second-order valence-corrected chi connectivity index (χ2v) is 5.27. The lowest BCUT2D eigenvalue weighted by molar-refractivity contribution is 0.102. The molecular weight excluding hydrogens is 311 g/mol. The fourth-order valence-electron chi connectivity index (χ4n) is 1.87. The monoisotopic (exact) mass is 322 g/mol. The second kappa shape index (κ2) is 6.20. The lowest BCUT2D eigenvalue weighted by Crippen LogP contribution is -2.18. The van der Waals surface area contributed by atoms with E-state index < -0.39 is 5.82 Å². The summed E-state index contributed by atoms with van der Waals surface area (Å²) in [6.07, 6.45) is 0. The highest BCUT2D eigenvalue weighted by molar-refractivity contribution is 7.80. The molecule has 108 valence electrons. The number of anilines is 1. The van der Waals surface area contributed by atoms with Crippen LogP contribution in [0.5, 0.6) is 0 Å². The van der Waals surface area contributed by atoms with Gasteiger partial charge in [-0.15, -0.1) is 0 Å². The lowest BCUT2D eigenvalue weighted by Gasteiger charge is -2.12. The summed E-state index contributed by atoms with van der Waals surface area (Å²) in [6, 6.07) is 8.86. The highest BCUT2D eigenvalue weighted by Gasteiger charge is 2.14. The maximum absolute atomic E-state index is 13.2. The number of rotatable bonds is 3. The van der Waals surface area contributed by atoms with Crippen LogP contribution in [0.25, 0.3) is 0 Å². The van der Waals surface area contributed by atoms with Gasteiger partial charge in [-0.05, 0) is 42.8 Å². The Morgan fingerprint density at radius 2 is 2.00 bits per heavy atom. The van der Waals surface area contributed by atoms with Gasteiger partial charge in [-0.3, -0.25) is 4.79 Å². The SMILES string of the molecule is Cc1c(Cl)cccc1C(=O)Nc1ccc(F)cc1C(N)=S. The molecule has 3 N–H and O–H groups in total. The Bertz CT molecular complexity index is 734. The summed E-state index contributed by atoms with van der Waals surface area (Å²) in [4.78, 5) is 12.3. The van der Waals surface area contributed by atoms with Crippen LogP contribution in [0.15, 0.2) is 36.4 Å². The molecule has 0 bridgehead atoms. The molecule has 6 heteroatoms. The third kappa shape index (κ3) is 3.37. The first-order valence-corrected chi connectivity index (χ1v) is 6.84. The molecule has 1 amide bonds. The molecule has 0 radical (unpaired) electrons. The van der Waals surface area contributed by atoms with E-state index in [9.17, 15) is 9.18 Å². The topological polar surface area (TPSA) is 55.1 Å². The number of amides is 1. The van der Waals surface area contributed by atoms with Crippen molar-refractivity contribution in [3.8, 4) is 0 Å². The van der Waals surface area contributed by atoms with E-state index in [1.807, 2.05) is 0 Å². The average molecular weight is 323 g/mol. The van der Waals surface area contributed by atoms with Crippen LogP contribution in [0.1, 0.15) is 21.5 Å². The molecular formula is C15H12ClFN2OS. The van der Waals surface area contributed by atoms with Crippen LogP contribution < -0.4 is 11.1 Å². The summed E-state index contributed by atoms with van der Waals surface area (Å²) in [7, 11) is 0. The summed E-state index contributed by atoms with van der Waals surface area (Å²) < 4.78 is 13.2.